The SMILES string of the molecule is Cc1cc(Nc2nc(Sc3ccc(C)c(C)c3)nc3ccccc23)n[nH]1. The third-order valence-electron chi connectivity index (χ3n) is 4.22. The number of anilines is 2. The zero-order valence-corrected chi connectivity index (χ0v) is 15.7. The number of nitrogens with one attached hydrogen (secondary N) is 2. The molecule has 2 aromatic heterocycles. The van der Waals surface area contributed by atoms with Crippen molar-refractivity contribution in [2.75, 3.05) is 5.32 Å². The number of para-hydroxylation sites is 1. The molecule has 0 radical (unpaired) electrons. The van der Waals surface area contributed by atoms with Gasteiger partial charge in [0.05, 0.1) is 5.52 Å². The fraction of sp³-hybridized carbons (Fsp3) is 0.150. The first-order valence-electron chi connectivity index (χ1n) is 8.39. The monoisotopic (exact) mass is 361 g/mol. The van der Waals surface area contributed by atoms with E-state index >= 15 is 0 Å². The van der Waals surface area contributed by atoms with E-state index in [4.69, 9.17) is 9.97 Å². The molecule has 4 aromatic rings. The van der Waals surface area contributed by atoms with Crippen LogP contribution in [0.15, 0.2) is 58.6 Å². The Morgan fingerprint density at radius 1 is 0.923 bits per heavy atom. The smallest absolute Gasteiger partial charge is 0.195 e. The van der Waals surface area contributed by atoms with Crippen LogP contribution in [0.3, 0.4) is 0 Å². The number of nitrogens with zero attached hydrogens (tertiary/aromatic N) is 3. The summed E-state index contributed by atoms with van der Waals surface area (Å²) in [4.78, 5) is 10.6. The lowest BCUT2D eigenvalue weighted by molar-refractivity contribution is 1.000. The molecule has 0 spiro atoms. The van der Waals surface area contributed by atoms with Gasteiger partial charge in [0.2, 0.25) is 0 Å². The minimum absolute atomic E-state index is 0.710. The molecule has 0 bridgehead atoms. The summed E-state index contributed by atoms with van der Waals surface area (Å²) in [7, 11) is 0. The average molecular weight is 361 g/mol. The lowest BCUT2D eigenvalue weighted by Gasteiger charge is -2.09. The van der Waals surface area contributed by atoms with Gasteiger partial charge in [0.25, 0.3) is 0 Å². The summed E-state index contributed by atoms with van der Waals surface area (Å²) in [6.45, 7) is 6.20. The maximum Gasteiger partial charge on any atom is 0.195 e. The summed E-state index contributed by atoms with van der Waals surface area (Å²) in [6.07, 6.45) is 0. The highest BCUT2D eigenvalue weighted by atomic mass is 32.2. The molecule has 0 atom stereocenters. The van der Waals surface area contributed by atoms with Crippen molar-refractivity contribution in [3.05, 3.63) is 65.4 Å². The highest BCUT2D eigenvalue weighted by molar-refractivity contribution is 7.99. The molecule has 0 unspecified atom stereocenters. The Morgan fingerprint density at radius 3 is 2.54 bits per heavy atom. The van der Waals surface area contributed by atoms with Crippen LogP contribution in [0.1, 0.15) is 16.8 Å². The number of hydrogen-bond acceptors (Lipinski definition) is 5. The van der Waals surface area contributed by atoms with Gasteiger partial charge in [0.1, 0.15) is 5.82 Å². The van der Waals surface area contributed by atoms with Gasteiger partial charge in [0.15, 0.2) is 11.0 Å². The summed E-state index contributed by atoms with van der Waals surface area (Å²) in [5, 5.41) is 12.2. The van der Waals surface area contributed by atoms with Gasteiger partial charge in [-0.3, -0.25) is 5.10 Å². The van der Waals surface area contributed by atoms with Crippen molar-refractivity contribution in [1.82, 2.24) is 20.2 Å². The van der Waals surface area contributed by atoms with Crippen molar-refractivity contribution < 1.29 is 0 Å². The standard InChI is InChI=1S/C20H19N5S/c1-12-8-9-15(10-13(12)2)26-20-21-17-7-5-4-6-16(17)19(23-20)22-18-11-14(3)24-25-18/h4-11H,1-3H3,(H2,21,22,23,24,25). The summed E-state index contributed by atoms with van der Waals surface area (Å²) >= 11 is 1.56. The average Bonchev–Trinajstić information content (AvgIpc) is 3.03. The number of fused-ring (bicyclic) bond motifs is 1. The van der Waals surface area contributed by atoms with Gasteiger partial charge in [-0.2, -0.15) is 5.10 Å². The van der Waals surface area contributed by atoms with Crippen LogP contribution in [0.4, 0.5) is 11.6 Å². The molecule has 26 heavy (non-hydrogen) atoms. The molecule has 2 heterocycles. The zero-order chi connectivity index (χ0) is 18.1. The molecule has 2 N–H and O–H groups in total. The van der Waals surface area contributed by atoms with Crippen LogP contribution in [0.25, 0.3) is 10.9 Å². The Hall–Kier alpha value is -2.86. The number of aromatic nitrogens is 4. The minimum Gasteiger partial charge on any atom is -0.323 e. The molecule has 0 fully saturated rings. The molecular formula is C20H19N5S. The predicted octanol–water partition coefficient (Wildman–Crippen LogP) is 5.17. The summed E-state index contributed by atoms with van der Waals surface area (Å²) < 4.78 is 0. The Bertz CT molecular complexity index is 1090. The molecule has 0 aliphatic carbocycles. The zero-order valence-electron chi connectivity index (χ0n) is 14.9. The van der Waals surface area contributed by atoms with E-state index in [-0.39, 0.29) is 0 Å². The summed E-state index contributed by atoms with van der Waals surface area (Å²) in [6, 6.07) is 16.4. The molecule has 0 amide bonds. The molecule has 130 valence electrons. The molecule has 5 nitrogen and oxygen atoms in total. The number of hydrogen-bond donors (Lipinski definition) is 2. The molecule has 2 aromatic carbocycles. The van der Waals surface area contributed by atoms with Crippen LogP contribution in [0.2, 0.25) is 0 Å². The Labute approximate surface area is 156 Å². The third-order valence-corrected chi connectivity index (χ3v) is 5.08. The second-order valence-corrected chi connectivity index (χ2v) is 7.32. The molecule has 0 saturated carbocycles. The maximum absolute atomic E-state index is 4.74. The van der Waals surface area contributed by atoms with E-state index in [2.05, 4.69) is 47.6 Å². The fourth-order valence-electron chi connectivity index (χ4n) is 2.68. The topological polar surface area (TPSA) is 66.5 Å². The highest BCUT2D eigenvalue weighted by Gasteiger charge is 2.11. The number of aromatic amines is 1. The first-order chi connectivity index (χ1) is 12.6. The van der Waals surface area contributed by atoms with E-state index < -0.39 is 0 Å². The third kappa shape index (κ3) is 3.41. The van der Waals surface area contributed by atoms with Gasteiger partial charge in [-0.05, 0) is 67.9 Å². The molecular weight excluding hydrogens is 342 g/mol. The second-order valence-electron chi connectivity index (χ2n) is 6.28. The predicted molar refractivity (Wildman–Crippen MR) is 106 cm³/mol. The second kappa shape index (κ2) is 6.80. The van der Waals surface area contributed by atoms with Gasteiger partial charge in [-0.1, -0.05) is 18.2 Å². The number of aryl methyl sites for hydroxylation is 3. The van der Waals surface area contributed by atoms with E-state index in [0.29, 0.717) is 5.16 Å². The van der Waals surface area contributed by atoms with Crippen molar-refractivity contribution in [3.8, 4) is 0 Å². The van der Waals surface area contributed by atoms with E-state index in [1.165, 1.54) is 11.1 Å². The maximum atomic E-state index is 4.74. The Kier molecular flexibility index (Phi) is 4.34. The van der Waals surface area contributed by atoms with Crippen LogP contribution in [-0.4, -0.2) is 20.2 Å². The van der Waals surface area contributed by atoms with Crippen LogP contribution in [0.5, 0.6) is 0 Å². The number of benzene rings is 2. The van der Waals surface area contributed by atoms with Gasteiger partial charge >= 0.3 is 0 Å². The van der Waals surface area contributed by atoms with Gasteiger partial charge in [-0.25, -0.2) is 9.97 Å². The largest absolute Gasteiger partial charge is 0.323 e. The first kappa shape index (κ1) is 16.6. The van der Waals surface area contributed by atoms with Crippen molar-refractivity contribution in [3.63, 3.8) is 0 Å². The summed E-state index contributed by atoms with van der Waals surface area (Å²) in [5.41, 5.74) is 4.45. The van der Waals surface area contributed by atoms with Crippen LogP contribution < -0.4 is 5.32 Å². The summed E-state index contributed by atoms with van der Waals surface area (Å²) in [5.74, 6) is 1.50. The Balaban J connectivity index is 1.74. The van der Waals surface area contributed by atoms with Gasteiger partial charge < -0.3 is 5.32 Å². The molecule has 4 rings (SSSR count). The number of rotatable bonds is 4. The molecule has 0 saturated heterocycles. The van der Waals surface area contributed by atoms with E-state index in [1.807, 2.05) is 37.3 Å². The molecule has 6 heteroatoms. The van der Waals surface area contributed by atoms with Crippen molar-refractivity contribution in [2.45, 2.75) is 30.8 Å². The highest BCUT2D eigenvalue weighted by Crippen LogP contribution is 2.31. The molecule has 0 aliphatic heterocycles. The van der Waals surface area contributed by atoms with Gasteiger partial charge in [-0.15, -0.1) is 0 Å². The lowest BCUT2D eigenvalue weighted by Crippen LogP contribution is -1.99. The van der Waals surface area contributed by atoms with E-state index in [9.17, 15) is 0 Å². The van der Waals surface area contributed by atoms with Crippen molar-refractivity contribution >= 4 is 34.3 Å². The first-order valence-corrected chi connectivity index (χ1v) is 9.21. The van der Waals surface area contributed by atoms with Crippen LogP contribution >= 0.6 is 11.8 Å². The fourth-order valence-corrected chi connectivity index (χ4v) is 3.55. The van der Waals surface area contributed by atoms with Crippen LogP contribution in [-0.2, 0) is 0 Å². The Morgan fingerprint density at radius 2 is 1.77 bits per heavy atom. The number of H-pyrrole nitrogens is 1. The quantitative estimate of drug-likeness (QED) is 0.491. The van der Waals surface area contributed by atoms with E-state index in [0.717, 1.165) is 33.1 Å². The van der Waals surface area contributed by atoms with Crippen molar-refractivity contribution in [1.29, 1.82) is 0 Å². The minimum atomic E-state index is 0.710. The molecule has 0 aliphatic rings. The van der Waals surface area contributed by atoms with Crippen LogP contribution in [0, 0.1) is 20.8 Å². The lowest BCUT2D eigenvalue weighted by atomic mass is 10.1. The van der Waals surface area contributed by atoms with Gasteiger partial charge in [0, 0.05) is 22.0 Å². The normalized spacial score (nSPS) is 11.0. The van der Waals surface area contributed by atoms with Crippen molar-refractivity contribution in [2.24, 2.45) is 0 Å². The van der Waals surface area contributed by atoms with E-state index in [1.54, 1.807) is 11.8 Å².